The Labute approximate surface area is 99.9 Å². The number of hydrogen-bond donors (Lipinski definition) is 2. The Morgan fingerprint density at radius 1 is 1.47 bits per heavy atom. The van der Waals surface area contributed by atoms with Crippen LogP contribution in [0.1, 0.15) is 24.8 Å². The molecule has 1 fully saturated rings. The normalized spacial score (nSPS) is 23.4. The highest BCUT2D eigenvalue weighted by molar-refractivity contribution is 5.57. The molecule has 0 radical (unpaired) electrons. The van der Waals surface area contributed by atoms with Crippen molar-refractivity contribution in [2.24, 2.45) is 5.92 Å². The summed E-state index contributed by atoms with van der Waals surface area (Å²) in [6.07, 6.45) is 2.39. The second-order valence-corrected chi connectivity index (χ2v) is 4.49. The maximum absolute atomic E-state index is 13.3. The molecule has 2 N–H and O–H groups in total. The molecule has 1 aromatic carbocycles. The molecular weight excluding hydrogens is 219 g/mol. The first-order chi connectivity index (χ1) is 8.20. The Bertz CT molecular complexity index is 442. The smallest absolute Gasteiger partial charge is 0.143 e. The van der Waals surface area contributed by atoms with Crippen molar-refractivity contribution >= 4 is 5.69 Å². The van der Waals surface area contributed by atoms with E-state index in [1.165, 1.54) is 6.07 Å². The lowest BCUT2D eigenvalue weighted by Crippen LogP contribution is -2.13. The average molecular weight is 234 g/mol. The van der Waals surface area contributed by atoms with Gasteiger partial charge in [0.05, 0.1) is 11.8 Å². The Morgan fingerprint density at radius 3 is 2.94 bits per heavy atom. The molecule has 1 aliphatic carbocycles. The molecule has 0 aliphatic heterocycles. The second kappa shape index (κ2) is 5.15. The topological polar surface area (TPSA) is 56.0 Å². The Morgan fingerprint density at radius 2 is 2.29 bits per heavy atom. The van der Waals surface area contributed by atoms with E-state index in [9.17, 15) is 9.50 Å². The summed E-state index contributed by atoms with van der Waals surface area (Å²) in [7, 11) is 0. The standard InChI is InChI=1S/C13H15FN2O/c14-12-2-1-3-13(11(12)7-15)16-8-9-4-5-10(17)6-9/h1-3,9-10,16-17H,4-6,8H2. The summed E-state index contributed by atoms with van der Waals surface area (Å²) in [4.78, 5) is 0. The monoisotopic (exact) mass is 234 g/mol. The van der Waals surface area contributed by atoms with Gasteiger partial charge in [-0.05, 0) is 37.3 Å². The zero-order valence-corrected chi connectivity index (χ0v) is 9.49. The van der Waals surface area contributed by atoms with Crippen LogP contribution in [0.25, 0.3) is 0 Å². The van der Waals surface area contributed by atoms with E-state index in [1.807, 2.05) is 6.07 Å². The van der Waals surface area contributed by atoms with Crippen molar-refractivity contribution in [1.82, 2.24) is 0 Å². The minimum atomic E-state index is -0.496. The van der Waals surface area contributed by atoms with Crippen LogP contribution in [0.2, 0.25) is 0 Å². The van der Waals surface area contributed by atoms with E-state index in [2.05, 4.69) is 5.32 Å². The van der Waals surface area contributed by atoms with Crippen LogP contribution in [0.3, 0.4) is 0 Å². The first-order valence-corrected chi connectivity index (χ1v) is 5.81. The van der Waals surface area contributed by atoms with Gasteiger partial charge in [0, 0.05) is 6.54 Å². The van der Waals surface area contributed by atoms with Crippen LogP contribution in [-0.4, -0.2) is 17.8 Å². The molecule has 1 aliphatic rings. The van der Waals surface area contributed by atoms with Crippen LogP contribution >= 0.6 is 0 Å². The van der Waals surface area contributed by atoms with Gasteiger partial charge >= 0.3 is 0 Å². The van der Waals surface area contributed by atoms with Gasteiger partial charge in [-0.25, -0.2) is 4.39 Å². The molecule has 2 atom stereocenters. The lowest BCUT2D eigenvalue weighted by atomic mass is 10.1. The Hall–Kier alpha value is -1.60. The first kappa shape index (κ1) is 11.9. The van der Waals surface area contributed by atoms with Crippen molar-refractivity contribution in [1.29, 1.82) is 5.26 Å². The van der Waals surface area contributed by atoms with Crippen molar-refractivity contribution in [2.75, 3.05) is 11.9 Å². The Balaban J connectivity index is 2.00. The molecule has 0 bridgehead atoms. The molecule has 1 aromatic rings. The van der Waals surface area contributed by atoms with Crippen molar-refractivity contribution in [3.8, 4) is 6.07 Å². The third kappa shape index (κ3) is 2.75. The highest BCUT2D eigenvalue weighted by atomic mass is 19.1. The van der Waals surface area contributed by atoms with E-state index in [0.29, 0.717) is 18.2 Å². The van der Waals surface area contributed by atoms with Gasteiger partial charge in [-0.1, -0.05) is 6.07 Å². The quantitative estimate of drug-likeness (QED) is 0.843. The number of anilines is 1. The minimum absolute atomic E-state index is 0.0612. The number of nitrogens with zero attached hydrogens (tertiary/aromatic N) is 1. The van der Waals surface area contributed by atoms with E-state index >= 15 is 0 Å². The lowest BCUT2D eigenvalue weighted by molar-refractivity contribution is 0.178. The summed E-state index contributed by atoms with van der Waals surface area (Å²) in [6.45, 7) is 0.676. The molecule has 0 amide bonds. The number of nitrogens with one attached hydrogen (secondary N) is 1. The maximum atomic E-state index is 13.3. The molecule has 0 aromatic heterocycles. The van der Waals surface area contributed by atoms with Crippen LogP contribution in [0, 0.1) is 23.1 Å². The largest absolute Gasteiger partial charge is 0.393 e. The number of aliphatic hydroxyl groups is 1. The number of hydrogen-bond acceptors (Lipinski definition) is 3. The van der Waals surface area contributed by atoms with E-state index in [0.717, 1.165) is 19.3 Å². The van der Waals surface area contributed by atoms with Gasteiger partial charge in [0.2, 0.25) is 0 Å². The fraction of sp³-hybridized carbons (Fsp3) is 0.462. The van der Waals surface area contributed by atoms with Gasteiger partial charge in [0.15, 0.2) is 0 Å². The number of halogens is 1. The third-order valence-corrected chi connectivity index (χ3v) is 3.22. The summed E-state index contributed by atoms with van der Waals surface area (Å²) < 4.78 is 13.3. The van der Waals surface area contributed by atoms with E-state index in [4.69, 9.17) is 5.26 Å². The number of nitriles is 1. The van der Waals surface area contributed by atoms with Gasteiger partial charge < -0.3 is 10.4 Å². The van der Waals surface area contributed by atoms with Crippen LogP contribution in [0.5, 0.6) is 0 Å². The van der Waals surface area contributed by atoms with Gasteiger partial charge in [-0.15, -0.1) is 0 Å². The van der Waals surface area contributed by atoms with Gasteiger partial charge in [-0.2, -0.15) is 5.26 Å². The van der Waals surface area contributed by atoms with E-state index < -0.39 is 5.82 Å². The molecule has 90 valence electrons. The summed E-state index contributed by atoms with van der Waals surface area (Å²) in [5.74, 6) is -0.0937. The summed E-state index contributed by atoms with van der Waals surface area (Å²) >= 11 is 0. The molecule has 4 heteroatoms. The van der Waals surface area contributed by atoms with E-state index in [1.54, 1.807) is 12.1 Å². The van der Waals surface area contributed by atoms with Gasteiger partial charge in [0.25, 0.3) is 0 Å². The summed E-state index contributed by atoms with van der Waals surface area (Å²) in [6, 6.07) is 6.43. The van der Waals surface area contributed by atoms with Crippen molar-refractivity contribution in [3.63, 3.8) is 0 Å². The molecule has 2 rings (SSSR count). The molecule has 1 saturated carbocycles. The van der Waals surface area contributed by atoms with Crippen molar-refractivity contribution in [3.05, 3.63) is 29.6 Å². The maximum Gasteiger partial charge on any atom is 0.143 e. The molecule has 2 unspecified atom stereocenters. The zero-order valence-electron chi connectivity index (χ0n) is 9.49. The Kier molecular flexibility index (Phi) is 3.60. The van der Waals surface area contributed by atoms with Crippen LogP contribution in [0.15, 0.2) is 18.2 Å². The van der Waals surface area contributed by atoms with Crippen LogP contribution in [-0.2, 0) is 0 Å². The second-order valence-electron chi connectivity index (χ2n) is 4.49. The van der Waals surface area contributed by atoms with Crippen molar-refractivity contribution in [2.45, 2.75) is 25.4 Å². The van der Waals surface area contributed by atoms with Crippen LogP contribution in [0.4, 0.5) is 10.1 Å². The average Bonchev–Trinajstić information content (AvgIpc) is 2.72. The predicted molar refractivity (Wildman–Crippen MR) is 63.0 cm³/mol. The lowest BCUT2D eigenvalue weighted by Gasteiger charge is -2.13. The fourth-order valence-electron chi connectivity index (χ4n) is 2.27. The number of aliphatic hydroxyl groups excluding tert-OH is 1. The minimum Gasteiger partial charge on any atom is -0.393 e. The zero-order chi connectivity index (χ0) is 12.3. The van der Waals surface area contributed by atoms with Gasteiger partial charge in [0.1, 0.15) is 17.4 Å². The molecule has 0 heterocycles. The van der Waals surface area contributed by atoms with E-state index in [-0.39, 0.29) is 11.7 Å². The third-order valence-electron chi connectivity index (χ3n) is 3.22. The molecule has 0 spiro atoms. The predicted octanol–water partition coefficient (Wildman–Crippen LogP) is 2.27. The summed E-state index contributed by atoms with van der Waals surface area (Å²) in [5, 5.41) is 21.4. The highest BCUT2D eigenvalue weighted by Crippen LogP contribution is 2.26. The van der Waals surface area contributed by atoms with Crippen molar-refractivity contribution < 1.29 is 9.50 Å². The molecule has 17 heavy (non-hydrogen) atoms. The highest BCUT2D eigenvalue weighted by Gasteiger charge is 2.22. The molecule has 3 nitrogen and oxygen atoms in total. The number of rotatable bonds is 3. The van der Waals surface area contributed by atoms with Crippen LogP contribution < -0.4 is 5.32 Å². The first-order valence-electron chi connectivity index (χ1n) is 5.81. The SMILES string of the molecule is N#Cc1c(F)cccc1NCC1CCC(O)C1. The fourth-order valence-corrected chi connectivity index (χ4v) is 2.27. The van der Waals surface area contributed by atoms with Gasteiger partial charge in [-0.3, -0.25) is 0 Å². The molecule has 0 saturated heterocycles. The molecular formula is C13H15FN2O. The summed E-state index contributed by atoms with van der Waals surface area (Å²) in [5.41, 5.74) is 0.597. The number of benzene rings is 1.